The minimum atomic E-state index is -3.26. The molecule has 84 valence electrons. The first kappa shape index (κ1) is 11.9. The third kappa shape index (κ3) is 2.44. The first-order valence-corrected chi connectivity index (χ1v) is 6.35. The van der Waals surface area contributed by atoms with E-state index in [1.165, 1.54) is 8.61 Å². The van der Waals surface area contributed by atoms with Gasteiger partial charge in [0, 0.05) is 32.7 Å². The number of hydrogen-bond donors (Lipinski definition) is 1. The Balaban J connectivity index is 2.72. The lowest BCUT2D eigenvalue weighted by Crippen LogP contribution is -2.50. The maximum absolute atomic E-state index is 11.9. The van der Waals surface area contributed by atoms with E-state index in [1.807, 2.05) is 6.92 Å². The third-order valence-electron chi connectivity index (χ3n) is 2.59. The molecule has 0 bridgehead atoms. The Hall–Kier alpha value is -0.170. The normalized spacial score (nSPS) is 25.6. The highest BCUT2D eigenvalue weighted by molar-refractivity contribution is 7.86. The molecule has 1 aliphatic rings. The quantitative estimate of drug-likeness (QED) is 0.705. The van der Waals surface area contributed by atoms with Gasteiger partial charge in [-0.05, 0) is 12.8 Å². The van der Waals surface area contributed by atoms with Gasteiger partial charge < -0.3 is 5.73 Å². The summed E-state index contributed by atoms with van der Waals surface area (Å²) in [5.74, 6) is 0. The van der Waals surface area contributed by atoms with E-state index in [9.17, 15) is 8.42 Å². The van der Waals surface area contributed by atoms with Crippen LogP contribution in [0.5, 0.6) is 0 Å². The highest BCUT2D eigenvalue weighted by Gasteiger charge is 2.29. The summed E-state index contributed by atoms with van der Waals surface area (Å²) >= 11 is 0. The standard InChI is InChI=1S/C8H19N3O2S/c1-3-10(2)14(12,13)11-6-4-5-8(9)7-11/h8H,3-7,9H2,1-2H3. The topological polar surface area (TPSA) is 66.6 Å². The van der Waals surface area contributed by atoms with E-state index >= 15 is 0 Å². The van der Waals surface area contributed by atoms with Crippen molar-refractivity contribution in [3.8, 4) is 0 Å². The molecule has 1 fully saturated rings. The van der Waals surface area contributed by atoms with Crippen LogP contribution in [0.1, 0.15) is 19.8 Å². The molecular formula is C8H19N3O2S. The molecule has 5 nitrogen and oxygen atoms in total. The molecule has 6 heteroatoms. The molecule has 1 rings (SSSR count). The van der Waals surface area contributed by atoms with Gasteiger partial charge >= 0.3 is 0 Å². The molecule has 1 heterocycles. The fraction of sp³-hybridized carbons (Fsp3) is 1.00. The maximum atomic E-state index is 11.9. The van der Waals surface area contributed by atoms with E-state index in [-0.39, 0.29) is 6.04 Å². The fourth-order valence-corrected chi connectivity index (χ4v) is 3.00. The van der Waals surface area contributed by atoms with Gasteiger partial charge in [-0.2, -0.15) is 17.0 Å². The van der Waals surface area contributed by atoms with Crippen molar-refractivity contribution in [1.82, 2.24) is 8.61 Å². The first-order chi connectivity index (χ1) is 6.48. The van der Waals surface area contributed by atoms with Gasteiger partial charge in [0.1, 0.15) is 0 Å². The Bertz CT molecular complexity index is 278. The lowest BCUT2D eigenvalue weighted by Gasteiger charge is -2.32. The monoisotopic (exact) mass is 221 g/mol. The van der Waals surface area contributed by atoms with Crippen molar-refractivity contribution in [2.75, 3.05) is 26.7 Å². The van der Waals surface area contributed by atoms with E-state index in [4.69, 9.17) is 5.73 Å². The predicted octanol–water partition coefficient (Wildman–Crippen LogP) is -0.394. The zero-order chi connectivity index (χ0) is 10.8. The zero-order valence-electron chi connectivity index (χ0n) is 8.81. The van der Waals surface area contributed by atoms with E-state index in [0.29, 0.717) is 19.6 Å². The predicted molar refractivity (Wildman–Crippen MR) is 56.0 cm³/mol. The lowest BCUT2D eigenvalue weighted by atomic mass is 10.1. The van der Waals surface area contributed by atoms with Crippen LogP contribution in [-0.4, -0.2) is 49.8 Å². The van der Waals surface area contributed by atoms with Crippen molar-refractivity contribution in [1.29, 1.82) is 0 Å². The molecule has 1 aliphatic heterocycles. The molecule has 1 saturated heterocycles. The molecule has 2 N–H and O–H groups in total. The van der Waals surface area contributed by atoms with Crippen LogP contribution in [-0.2, 0) is 10.2 Å². The summed E-state index contributed by atoms with van der Waals surface area (Å²) in [6.45, 7) is 3.36. The van der Waals surface area contributed by atoms with Crippen LogP contribution < -0.4 is 5.73 Å². The van der Waals surface area contributed by atoms with Crippen molar-refractivity contribution in [3.63, 3.8) is 0 Å². The Labute approximate surface area is 86.0 Å². The summed E-state index contributed by atoms with van der Waals surface area (Å²) in [5, 5.41) is 0. The Morgan fingerprint density at radius 3 is 2.71 bits per heavy atom. The van der Waals surface area contributed by atoms with Gasteiger partial charge in [-0.25, -0.2) is 0 Å². The van der Waals surface area contributed by atoms with E-state index in [2.05, 4.69) is 0 Å². The summed E-state index contributed by atoms with van der Waals surface area (Å²) in [6, 6.07) is -0.0104. The maximum Gasteiger partial charge on any atom is 0.281 e. The van der Waals surface area contributed by atoms with Gasteiger partial charge in [-0.15, -0.1) is 0 Å². The van der Waals surface area contributed by atoms with Crippen molar-refractivity contribution < 1.29 is 8.42 Å². The molecule has 14 heavy (non-hydrogen) atoms. The van der Waals surface area contributed by atoms with Crippen LogP contribution in [0.4, 0.5) is 0 Å². The van der Waals surface area contributed by atoms with Gasteiger partial charge in [-0.3, -0.25) is 0 Å². The number of hydrogen-bond acceptors (Lipinski definition) is 3. The van der Waals surface area contributed by atoms with Crippen LogP contribution in [0.25, 0.3) is 0 Å². The summed E-state index contributed by atoms with van der Waals surface area (Å²) in [4.78, 5) is 0. The van der Waals surface area contributed by atoms with Gasteiger partial charge in [0.15, 0.2) is 0 Å². The molecule has 0 radical (unpaired) electrons. The molecular weight excluding hydrogens is 202 g/mol. The smallest absolute Gasteiger partial charge is 0.281 e. The summed E-state index contributed by atoms with van der Waals surface area (Å²) in [7, 11) is -1.67. The second kappa shape index (κ2) is 4.57. The first-order valence-electron chi connectivity index (χ1n) is 4.95. The van der Waals surface area contributed by atoms with Gasteiger partial charge in [0.2, 0.25) is 0 Å². The molecule has 0 aromatic heterocycles. The molecule has 0 spiro atoms. The van der Waals surface area contributed by atoms with Crippen LogP contribution >= 0.6 is 0 Å². The number of piperidine rings is 1. The summed E-state index contributed by atoms with van der Waals surface area (Å²) in [6.07, 6.45) is 1.78. The van der Waals surface area contributed by atoms with Gasteiger partial charge in [0.05, 0.1) is 0 Å². The second-order valence-electron chi connectivity index (χ2n) is 3.68. The molecule has 0 amide bonds. The van der Waals surface area contributed by atoms with Crippen molar-refractivity contribution in [2.24, 2.45) is 5.73 Å². The Kier molecular flexibility index (Phi) is 3.88. The molecule has 0 aromatic carbocycles. The summed E-state index contributed by atoms with van der Waals surface area (Å²) in [5.41, 5.74) is 5.74. The Morgan fingerprint density at radius 2 is 2.21 bits per heavy atom. The number of nitrogens with two attached hydrogens (primary N) is 1. The zero-order valence-corrected chi connectivity index (χ0v) is 9.63. The molecule has 1 atom stereocenters. The average molecular weight is 221 g/mol. The van der Waals surface area contributed by atoms with E-state index in [0.717, 1.165) is 12.8 Å². The fourth-order valence-electron chi connectivity index (χ4n) is 1.54. The highest BCUT2D eigenvalue weighted by Crippen LogP contribution is 2.14. The number of rotatable bonds is 3. The van der Waals surface area contributed by atoms with E-state index in [1.54, 1.807) is 7.05 Å². The SMILES string of the molecule is CCN(C)S(=O)(=O)N1CCCC(N)C1. The highest BCUT2D eigenvalue weighted by atomic mass is 32.2. The van der Waals surface area contributed by atoms with Crippen LogP contribution in [0.3, 0.4) is 0 Å². The lowest BCUT2D eigenvalue weighted by molar-refractivity contribution is 0.294. The third-order valence-corrected chi connectivity index (χ3v) is 4.62. The van der Waals surface area contributed by atoms with Crippen molar-refractivity contribution in [2.45, 2.75) is 25.8 Å². The minimum Gasteiger partial charge on any atom is -0.327 e. The molecule has 0 aliphatic carbocycles. The minimum absolute atomic E-state index is 0.0104. The van der Waals surface area contributed by atoms with Crippen molar-refractivity contribution >= 4 is 10.2 Å². The van der Waals surface area contributed by atoms with Crippen LogP contribution in [0.15, 0.2) is 0 Å². The van der Waals surface area contributed by atoms with Crippen molar-refractivity contribution in [3.05, 3.63) is 0 Å². The van der Waals surface area contributed by atoms with E-state index < -0.39 is 10.2 Å². The molecule has 0 aromatic rings. The summed E-state index contributed by atoms with van der Waals surface area (Å²) < 4.78 is 26.5. The largest absolute Gasteiger partial charge is 0.327 e. The average Bonchev–Trinajstić information content (AvgIpc) is 2.16. The van der Waals surface area contributed by atoms with Crippen LogP contribution in [0.2, 0.25) is 0 Å². The Morgan fingerprint density at radius 1 is 1.57 bits per heavy atom. The van der Waals surface area contributed by atoms with Gasteiger partial charge in [-0.1, -0.05) is 6.92 Å². The molecule has 0 saturated carbocycles. The second-order valence-corrected chi connectivity index (χ2v) is 5.72. The molecule has 1 unspecified atom stereocenters. The van der Waals surface area contributed by atoms with Crippen LogP contribution in [0, 0.1) is 0 Å². The van der Waals surface area contributed by atoms with Gasteiger partial charge in [0.25, 0.3) is 10.2 Å². The number of nitrogens with zero attached hydrogens (tertiary/aromatic N) is 2.